The van der Waals surface area contributed by atoms with Gasteiger partial charge in [0.15, 0.2) is 0 Å². The third kappa shape index (κ3) is 4.98. The van der Waals surface area contributed by atoms with Gasteiger partial charge in [0, 0.05) is 11.6 Å². The van der Waals surface area contributed by atoms with Crippen LogP contribution < -0.4 is 9.46 Å². The van der Waals surface area contributed by atoms with E-state index in [1.807, 2.05) is 0 Å². The monoisotopic (exact) mass is 411 g/mol. The Morgan fingerprint density at radius 1 is 1.11 bits per heavy atom. The lowest BCUT2D eigenvalue weighted by Crippen LogP contribution is -2.49. The molecule has 9 heteroatoms. The summed E-state index contributed by atoms with van der Waals surface area (Å²) < 4.78 is 38.4. The van der Waals surface area contributed by atoms with E-state index in [1.54, 1.807) is 24.3 Å². The van der Waals surface area contributed by atoms with Crippen molar-refractivity contribution in [3.05, 3.63) is 53.6 Å². The Balaban J connectivity index is 1.71. The Labute approximate surface area is 161 Å². The normalized spacial score (nSPS) is 20.2. The van der Waals surface area contributed by atoms with Crippen LogP contribution in [-0.2, 0) is 19.6 Å². The summed E-state index contributed by atoms with van der Waals surface area (Å²) in [6.45, 7) is 0.319. The van der Waals surface area contributed by atoms with Crippen LogP contribution in [0, 0.1) is 5.92 Å². The number of rotatable bonds is 6. The van der Waals surface area contributed by atoms with E-state index in [9.17, 15) is 18.3 Å². The van der Waals surface area contributed by atoms with Crippen LogP contribution in [0.15, 0.2) is 53.4 Å². The first kappa shape index (κ1) is 19.6. The number of carbonyl (C=O) groups is 1. The van der Waals surface area contributed by atoms with Gasteiger partial charge in [-0.2, -0.15) is 0 Å². The zero-order valence-corrected chi connectivity index (χ0v) is 15.7. The van der Waals surface area contributed by atoms with Gasteiger partial charge in [0.25, 0.3) is 0 Å². The Morgan fingerprint density at radius 2 is 1.70 bits per heavy atom. The number of nitrogens with one attached hydrogen (secondary N) is 1. The fourth-order valence-corrected chi connectivity index (χ4v) is 4.13. The molecule has 2 atom stereocenters. The summed E-state index contributed by atoms with van der Waals surface area (Å²) in [5.41, 5.74) is 0. The zero-order chi connectivity index (χ0) is 19.4. The molecule has 0 saturated carbocycles. The average Bonchev–Trinajstić information content (AvgIpc) is 2.64. The summed E-state index contributed by atoms with van der Waals surface area (Å²) in [5, 5.41) is 9.84. The standard InChI is InChI=1S/C18H18ClNO6S/c19-12-1-3-13(4-2-12)26-14-5-7-15(8-6-14)27(23,24)20-17-11-25-10-9-16(17)18(21)22/h1-8,16-17,20H,9-11H2,(H,21,22)/t16?,17-/m0/s1. The van der Waals surface area contributed by atoms with E-state index in [-0.39, 0.29) is 17.9 Å². The van der Waals surface area contributed by atoms with Crippen LogP contribution in [0.4, 0.5) is 0 Å². The van der Waals surface area contributed by atoms with Crippen molar-refractivity contribution < 1.29 is 27.8 Å². The summed E-state index contributed by atoms with van der Waals surface area (Å²) >= 11 is 5.82. The molecule has 1 aliphatic rings. The number of sulfonamides is 1. The first-order valence-corrected chi connectivity index (χ1v) is 10.1. The number of halogens is 1. The molecule has 1 unspecified atom stereocenters. The summed E-state index contributed by atoms with van der Waals surface area (Å²) in [6, 6.07) is 11.8. The Morgan fingerprint density at radius 3 is 2.30 bits per heavy atom. The predicted molar refractivity (Wildman–Crippen MR) is 98.6 cm³/mol. The molecule has 2 aromatic rings. The van der Waals surface area contributed by atoms with E-state index in [2.05, 4.69) is 4.72 Å². The van der Waals surface area contributed by atoms with Crippen molar-refractivity contribution in [3.8, 4) is 11.5 Å². The highest BCUT2D eigenvalue weighted by atomic mass is 35.5. The van der Waals surface area contributed by atoms with Crippen molar-refractivity contribution in [2.24, 2.45) is 5.92 Å². The molecule has 0 aromatic heterocycles. The lowest BCUT2D eigenvalue weighted by molar-refractivity contribution is -0.146. The Kier molecular flexibility index (Phi) is 6.01. The van der Waals surface area contributed by atoms with Crippen LogP contribution in [-0.4, -0.2) is 38.7 Å². The number of hydrogen-bond donors (Lipinski definition) is 2. The molecule has 2 aromatic carbocycles. The fourth-order valence-electron chi connectivity index (χ4n) is 2.74. The van der Waals surface area contributed by atoms with Crippen molar-refractivity contribution in [1.82, 2.24) is 4.72 Å². The highest BCUT2D eigenvalue weighted by Gasteiger charge is 2.34. The summed E-state index contributed by atoms with van der Waals surface area (Å²) in [5.74, 6) is -0.837. The molecule has 0 amide bonds. The largest absolute Gasteiger partial charge is 0.481 e. The lowest BCUT2D eigenvalue weighted by atomic mass is 9.96. The number of carboxylic acids is 1. The Bertz CT molecular complexity index is 898. The molecular formula is C18H18ClNO6S. The minimum Gasteiger partial charge on any atom is -0.481 e. The lowest BCUT2D eigenvalue weighted by Gasteiger charge is -2.29. The van der Waals surface area contributed by atoms with E-state index in [0.29, 0.717) is 23.1 Å². The maximum absolute atomic E-state index is 12.6. The van der Waals surface area contributed by atoms with Crippen LogP contribution in [0.5, 0.6) is 11.5 Å². The van der Waals surface area contributed by atoms with Crippen LogP contribution in [0.2, 0.25) is 5.02 Å². The molecular weight excluding hydrogens is 394 g/mol. The van der Waals surface area contributed by atoms with Crippen molar-refractivity contribution in [2.75, 3.05) is 13.2 Å². The van der Waals surface area contributed by atoms with Crippen molar-refractivity contribution in [1.29, 1.82) is 0 Å². The molecule has 0 radical (unpaired) electrons. The quantitative estimate of drug-likeness (QED) is 0.757. The van der Waals surface area contributed by atoms with Crippen LogP contribution >= 0.6 is 11.6 Å². The van der Waals surface area contributed by atoms with Crippen LogP contribution in [0.1, 0.15) is 6.42 Å². The van der Waals surface area contributed by atoms with Gasteiger partial charge in [-0.25, -0.2) is 13.1 Å². The van der Waals surface area contributed by atoms with Gasteiger partial charge in [-0.3, -0.25) is 4.79 Å². The van der Waals surface area contributed by atoms with E-state index in [0.717, 1.165) is 0 Å². The minimum atomic E-state index is -3.89. The molecule has 1 heterocycles. The third-order valence-corrected chi connectivity index (χ3v) is 5.92. The molecule has 1 saturated heterocycles. The molecule has 0 aliphatic carbocycles. The second-order valence-electron chi connectivity index (χ2n) is 6.06. The molecule has 1 fully saturated rings. The molecule has 144 valence electrons. The van der Waals surface area contributed by atoms with Gasteiger partial charge >= 0.3 is 5.97 Å². The van der Waals surface area contributed by atoms with Gasteiger partial charge in [-0.05, 0) is 55.0 Å². The summed E-state index contributed by atoms with van der Waals surface area (Å²) in [4.78, 5) is 11.3. The summed E-state index contributed by atoms with van der Waals surface area (Å²) in [6.07, 6.45) is 0.260. The topological polar surface area (TPSA) is 102 Å². The molecule has 27 heavy (non-hydrogen) atoms. The van der Waals surface area contributed by atoms with E-state index in [1.165, 1.54) is 24.3 Å². The predicted octanol–water partition coefficient (Wildman–Crippen LogP) is 2.90. The van der Waals surface area contributed by atoms with Gasteiger partial charge in [0.05, 0.1) is 23.5 Å². The minimum absolute atomic E-state index is 0.0145. The highest BCUT2D eigenvalue weighted by Crippen LogP contribution is 2.25. The van der Waals surface area contributed by atoms with Gasteiger partial charge in [0.2, 0.25) is 10.0 Å². The maximum Gasteiger partial charge on any atom is 0.308 e. The zero-order valence-electron chi connectivity index (χ0n) is 14.2. The van der Waals surface area contributed by atoms with Crippen LogP contribution in [0.3, 0.4) is 0 Å². The average molecular weight is 412 g/mol. The second kappa shape index (κ2) is 8.26. The van der Waals surface area contributed by atoms with Crippen molar-refractivity contribution in [2.45, 2.75) is 17.4 Å². The molecule has 0 spiro atoms. The number of carboxylic acid groups (broad SMARTS) is 1. The third-order valence-electron chi connectivity index (χ3n) is 4.16. The van der Waals surface area contributed by atoms with Gasteiger partial charge in [-0.1, -0.05) is 11.6 Å². The van der Waals surface area contributed by atoms with Gasteiger partial charge in [0.1, 0.15) is 11.5 Å². The first-order valence-electron chi connectivity index (χ1n) is 8.21. The molecule has 1 aliphatic heterocycles. The van der Waals surface area contributed by atoms with Crippen molar-refractivity contribution >= 4 is 27.6 Å². The van der Waals surface area contributed by atoms with Gasteiger partial charge in [-0.15, -0.1) is 0 Å². The maximum atomic E-state index is 12.6. The molecule has 7 nitrogen and oxygen atoms in total. The van der Waals surface area contributed by atoms with Crippen molar-refractivity contribution in [3.63, 3.8) is 0 Å². The number of benzene rings is 2. The van der Waals surface area contributed by atoms with Crippen LogP contribution in [0.25, 0.3) is 0 Å². The van der Waals surface area contributed by atoms with E-state index < -0.39 is 28.0 Å². The number of hydrogen-bond acceptors (Lipinski definition) is 5. The first-order chi connectivity index (χ1) is 12.8. The highest BCUT2D eigenvalue weighted by molar-refractivity contribution is 7.89. The van der Waals surface area contributed by atoms with Gasteiger partial charge < -0.3 is 14.6 Å². The number of ether oxygens (including phenoxy) is 2. The molecule has 3 rings (SSSR count). The SMILES string of the molecule is O=C(O)C1CCOC[C@@H]1NS(=O)(=O)c1ccc(Oc2ccc(Cl)cc2)cc1. The van der Waals surface area contributed by atoms with E-state index >= 15 is 0 Å². The van der Waals surface area contributed by atoms with E-state index in [4.69, 9.17) is 21.1 Å². The smallest absolute Gasteiger partial charge is 0.308 e. The summed E-state index contributed by atoms with van der Waals surface area (Å²) in [7, 11) is -3.89. The fraction of sp³-hybridized carbons (Fsp3) is 0.278. The molecule has 0 bridgehead atoms. The Hall–Kier alpha value is -2.13. The number of aliphatic carboxylic acids is 1. The molecule has 2 N–H and O–H groups in total. The second-order valence-corrected chi connectivity index (χ2v) is 8.21.